The van der Waals surface area contributed by atoms with Crippen molar-refractivity contribution in [2.75, 3.05) is 16.8 Å². The van der Waals surface area contributed by atoms with Crippen LogP contribution in [0.2, 0.25) is 0 Å². The number of nitro groups is 1. The standard InChI is InChI=1S/C41H31N3O2/c1-42(36-26-28-39(29-27-36)44(45)46)35-20-14-32(15-21-35)33-18-24-38(25-19-33)43(41-13-7-11-34-10-5-6-12-40(34)41)37-22-16-31(17-23-37)30-8-3-2-4-9-30/h2-29H,1H3. The maximum atomic E-state index is 11.0. The van der Waals surface area contributed by atoms with Crippen LogP contribution in [0.25, 0.3) is 33.0 Å². The number of benzene rings is 7. The summed E-state index contributed by atoms with van der Waals surface area (Å²) in [4.78, 5) is 15.0. The van der Waals surface area contributed by atoms with Crippen molar-refractivity contribution in [3.8, 4) is 22.3 Å². The molecule has 0 aliphatic rings. The van der Waals surface area contributed by atoms with E-state index in [-0.39, 0.29) is 10.6 Å². The Morgan fingerprint density at radius 1 is 0.457 bits per heavy atom. The van der Waals surface area contributed by atoms with Gasteiger partial charge in [-0.1, -0.05) is 103 Å². The molecule has 0 unspecified atom stereocenters. The van der Waals surface area contributed by atoms with Gasteiger partial charge in [0.25, 0.3) is 5.69 Å². The summed E-state index contributed by atoms with van der Waals surface area (Å²) in [6.45, 7) is 0. The molecule has 0 saturated heterocycles. The zero-order chi connectivity index (χ0) is 31.5. The van der Waals surface area contributed by atoms with Crippen LogP contribution >= 0.6 is 0 Å². The number of nitro benzene ring substituents is 1. The van der Waals surface area contributed by atoms with Gasteiger partial charge in [0, 0.05) is 47.3 Å². The molecule has 0 saturated carbocycles. The Balaban J connectivity index is 1.20. The highest BCUT2D eigenvalue weighted by Gasteiger charge is 2.16. The molecule has 0 aliphatic carbocycles. The molecule has 0 atom stereocenters. The van der Waals surface area contributed by atoms with Gasteiger partial charge in [-0.3, -0.25) is 10.1 Å². The number of hydrogen-bond acceptors (Lipinski definition) is 4. The molecule has 46 heavy (non-hydrogen) atoms. The van der Waals surface area contributed by atoms with Crippen molar-refractivity contribution in [1.82, 2.24) is 0 Å². The summed E-state index contributed by atoms with van der Waals surface area (Å²) < 4.78 is 0. The number of hydrogen-bond donors (Lipinski definition) is 0. The van der Waals surface area contributed by atoms with Gasteiger partial charge in [-0.2, -0.15) is 0 Å². The van der Waals surface area contributed by atoms with Gasteiger partial charge < -0.3 is 9.80 Å². The Bertz CT molecular complexity index is 2100. The van der Waals surface area contributed by atoms with E-state index in [0.29, 0.717) is 0 Å². The number of non-ortho nitro benzene ring substituents is 1. The van der Waals surface area contributed by atoms with Crippen LogP contribution in [0.15, 0.2) is 170 Å². The number of fused-ring (bicyclic) bond motifs is 1. The highest BCUT2D eigenvalue weighted by molar-refractivity contribution is 5.99. The van der Waals surface area contributed by atoms with Gasteiger partial charge >= 0.3 is 0 Å². The number of nitrogens with zero attached hydrogens (tertiary/aromatic N) is 3. The summed E-state index contributed by atoms with van der Waals surface area (Å²) in [5, 5.41) is 13.4. The second-order valence-electron chi connectivity index (χ2n) is 11.2. The van der Waals surface area contributed by atoms with E-state index in [1.165, 1.54) is 34.0 Å². The lowest BCUT2D eigenvalue weighted by molar-refractivity contribution is -0.384. The molecule has 0 bridgehead atoms. The van der Waals surface area contributed by atoms with Crippen LogP contribution in [-0.2, 0) is 0 Å². The van der Waals surface area contributed by atoms with E-state index in [4.69, 9.17) is 0 Å². The molecular formula is C41H31N3O2. The zero-order valence-electron chi connectivity index (χ0n) is 25.3. The Hall–Kier alpha value is -6.20. The predicted molar refractivity (Wildman–Crippen MR) is 191 cm³/mol. The Kier molecular flexibility index (Phi) is 7.71. The summed E-state index contributed by atoms with van der Waals surface area (Å²) in [7, 11) is 1.96. The highest BCUT2D eigenvalue weighted by atomic mass is 16.6. The van der Waals surface area contributed by atoms with Crippen LogP contribution in [0.1, 0.15) is 0 Å². The summed E-state index contributed by atoms with van der Waals surface area (Å²) in [6.07, 6.45) is 0. The third kappa shape index (κ3) is 5.70. The first kappa shape index (κ1) is 28.6. The predicted octanol–water partition coefficient (Wildman–Crippen LogP) is 11.3. The van der Waals surface area contributed by atoms with Crippen molar-refractivity contribution in [3.05, 3.63) is 180 Å². The maximum absolute atomic E-state index is 11.0. The average Bonchev–Trinajstić information content (AvgIpc) is 3.13. The average molecular weight is 598 g/mol. The number of anilines is 5. The number of rotatable bonds is 8. The molecule has 0 N–H and O–H groups in total. The van der Waals surface area contributed by atoms with E-state index in [9.17, 15) is 10.1 Å². The first-order chi connectivity index (χ1) is 22.5. The summed E-state index contributed by atoms with van der Waals surface area (Å²) >= 11 is 0. The zero-order valence-corrected chi connectivity index (χ0v) is 25.3. The summed E-state index contributed by atoms with van der Waals surface area (Å²) in [5.74, 6) is 0. The molecule has 5 heteroatoms. The molecule has 7 aromatic rings. The monoisotopic (exact) mass is 597 g/mol. The second-order valence-corrected chi connectivity index (χ2v) is 11.2. The van der Waals surface area contributed by atoms with Gasteiger partial charge in [0.15, 0.2) is 0 Å². The SMILES string of the molecule is CN(c1ccc(-c2ccc(N(c3ccc(-c4ccccc4)cc3)c3cccc4ccccc34)cc2)cc1)c1ccc([N+](=O)[O-])cc1. The fourth-order valence-corrected chi connectivity index (χ4v) is 5.89. The van der Waals surface area contributed by atoms with E-state index in [1.54, 1.807) is 12.1 Å². The molecule has 0 heterocycles. The second kappa shape index (κ2) is 12.4. The van der Waals surface area contributed by atoms with Crippen molar-refractivity contribution in [2.45, 2.75) is 0 Å². The van der Waals surface area contributed by atoms with Crippen LogP contribution in [0.5, 0.6) is 0 Å². The maximum Gasteiger partial charge on any atom is 0.269 e. The van der Waals surface area contributed by atoms with E-state index in [2.05, 4.69) is 144 Å². The molecule has 0 spiro atoms. The molecule has 7 aromatic carbocycles. The minimum absolute atomic E-state index is 0.0826. The fourth-order valence-electron chi connectivity index (χ4n) is 5.89. The Morgan fingerprint density at radius 2 is 0.891 bits per heavy atom. The summed E-state index contributed by atoms with van der Waals surface area (Å²) in [5.41, 5.74) is 9.84. The molecular weight excluding hydrogens is 566 g/mol. The topological polar surface area (TPSA) is 49.6 Å². The van der Waals surface area contributed by atoms with Crippen molar-refractivity contribution in [3.63, 3.8) is 0 Å². The van der Waals surface area contributed by atoms with E-state index >= 15 is 0 Å². The quantitative estimate of drug-likeness (QED) is 0.129. The van der Waals surface area contributed by atoms with E-state index in [1.807, 2.05) is 18.0 Å². The first-order valence-corrected chi connectivity index (χ1v) is 15.2. The molecule has 0 aliphatic heterocycles. The molecule has 0 radical (unpaired) electrons. The lowest BCUT2D eigenvalue weighted by Gasteiger charge is -2.27. The van der Waals surface area contributed by atoms with Crippen LogP contribution in [0, 0.1) is 10.1 Å². The minimum Gasteiger partial charge on any atom is -0.345 e. The van der Waals surface area contributed by atoms with Crippen LogP contribution < -0.4 is 9.80 Å². The van der Waals surface area contributed by atoms with Gasteiger partial charge in [-0.15, -0.1) is 0 Å². The normalized spacial score (nSPS) is 10.9. The van der Waals surface area contributed by atoms with Gasteiger partial charge in [-0.05, 0) is 82.2 Å². The highest BCUT2D eigenvalue weighted by Crippen LogP contribution is 2.40. The van der Waals surface area contributed by atoms with Crippen molar-refractivity contribution in [1.29, 1.82) is 0 Å². The molecule has 0 amide bonds. The molecule has 5 nitrogen and oxygen atoms in total. The Morgan fingerprint density at radius 3 is 1.43 bits per heavy atom. The van der Waals surface area contributed by atoms with Crippen molar-refractivity contribution in [2.24, 2.45) is 0 Å². The smallest absolute Gasteiger partial charge is 0.269 e. The largest absolute Gasteiger partial charge is 0.345 e. The van der Waals surface area contributed by atoms with Gasteiger partial charge in [0.05, 0.1) is 10.6 Å². The lowest BCUT2D eigenvalue weighted by Crippen LogP contribution is -2.10. The van der Waals surface area contributed by atoms with Crippen LogP contribution in [0.4, 0.5) is 34.1 Å². The third-order valence-corrected chi connectivity index (χ3v) is 8.40. The molecule has 7 rings (SSSR count). The van der Waals surface area contributed by atoms with Crippen LogP contribution in [-0.4, -0.2) is 12.0 Å². The van der Waals surface area contributed by atoms with E-state index < -0.39 is 0 Å². The van der Waals surface area contributed by atoms with Gasteiger partial charge in [0.1, 0.15) is 0 Å². The lowest BCUT2D eigenvalue weighted by atomic mass is 10.0. The molecule has 0 aromatic heterocycles. The Labute approximate surface area is 268 Å². The van der Waals surface area contributed by atoms with Crippen molar-refractivity contribution >= 4 is 44.9 Å². The van der Waals surface area contributed by atoms with Crippen molar-refractivity contribution < 1.29 is 4.92 Å². The van der Waals surface area contributed by atoms with E-state index in [0.717, 1.165) is 39.6 Å². The molecule has 222 valence electrons. The third-order valence-electron chi connectivity index (χ3n) is 8.40. The van der Waals surface area contributed by atoms with Crippen LogP contribution in [0.3, 0.4) is 0 Å². The fraction of sp³-hybridized carbons (Fsp3) is 0.0244. The minimum atomic E-state index is -0.382. The summed E-state index contributed by atoms with van der Waals surface area (Å²) in [6, 6.07) is 57.8. The molecule has 0 fully saturated rings. The van der Waals surface area contributed by atoms with Gasteiger partial charge in [0.2, 0.25) is 0 Å². The first-order valence-electron chi connectivity index (χ1n) is 15.2. The van der Waals surface area contributed by atoms with Gasteiger partial charge in [-0.25, -0.2) is 0 Å².